The quantitative estimate of drug-likeness (QED) is 0.475. The summed E-state index contributed by atoms with van der Waals surface area (Å²) < 4.78 is 30.1. The van der Waals surface area contributed by atoms with Crippen LogP contribution in [0.25, 0.3) is 0 Å². The molecule has 0 aromatic heterocycles. The van der Waals surface area contributed by atoms with Crippen LogP contribution in [0, 0.1) is 23.1 Å². The number of ether oxygens (including phenoxy) is 3. The van der Waals surface area contributed by atoms with Crippen molar-refractivity contribution in [3.05, 3.63) is 94.8 Å². The Morgan fingerprint density at radius 1 is 1.05 bits per heavy atom. The lowest BCUT2D eigenvalue weighted by Gasteiger charge is -2.31. The lowest BCUT2D eigenvalue weighted by Crippen LogP contribution is -2.45. The van der Waals surface area contributed by atoms with Crippen molar-refractivity contribution in [3.8, 4) is 17.6 Å². The molecule has 0 spiro atoms. The lowest BCUT2D eigenvalue weighted by molar-refractivity contribution is -0.148. The number of urea groups is 1. The predicted molar refractivity (Wildman–Crippen MR) is 130 cm³/mol. The first-order chi connectivity index (χ1) is 18.0. The van der Waals surface area contributed by atoms with Gasteiger partial charge in [0.2, 0.25) is 6.79 Å². The summed E-state index contributed by atoms with van der Waals surface area (Å²) >= 11 is 0. The van der Waals surface area contributed by atoms with Crippen molar-refractivity contribution in [2.45, 2.75) is 25.5 Å². The Kier molecular flexibility index (Phi) is 6.81. The van der Waals surface area contributed by atoms with Gasteiger partial charge < -0.3 is 19.5 Å². The highest BCUT2D eigenvalue weighted by molar-refractivity contribution is 6.09. The van der Waals surface area contributed by atoms with E-state index in [1.54, 1.807) is 6.07 Å². The SMILES string of the molecule is N#Cc1cc(COC(=O)C2C(CCc3ccc4c(c3)OCO4)=NC(=O)NC2c2ccccc2)ccc1F. The molecule has 0 aliphatic carbocycles. The number of nitriles is 1. The first-order valence-electron chi connectivity index (χ1n) is 11.7. The first kappa shape index (κ1) is 24.0. The van der Waals surface area contributed by atoms with E-state index in [-0.39, 0.29) is 19.0 Å². The van der Waals surface area contributed by atoms with E-state index in [0.717, 1.165) is 17.2 Å². The standard InChI is InChI=1S/C28H22FN3O5/c29-21-9-6-18(12-20(21)14-30)15-35-27(33)25-22(10-7-17-8-11-23-24(13-17)37-16-36-23)31-28(34)32-26(25)19-4-2-1-3-5-19/h1-6,8-9,11-13,25-26H,7,10,15-16H2,(H,32,34). The molecule has 9 heteroatoms. The summed E-state index contributed by atoms with van der Waals surface area (Å²) in [4.78, 5) is 30.1. The number of esters is 1. The van der Waals surface area contributed by atoms with E-state index in [1.807, 2.05) is 48.5 Å². The largest absolute Gasteiger partial charge is 0.460 e. The monoisotopic (exact) mass is 499 g/mol. The Morgan fingerprint density at radius 3 is 2.65 bits per heavy atom. The molecule has 2 amide bonds. The Bertz CT molecular complexity index is 1420. The zero-order valence-electron chi connectivity index (χ0n) is 19.6. The lowest BCUT2D eigenvalue weighted by atomic mass is 9.85. The number of aliphatic imine (C=N–C) groups is 1. The van der Waals surface area contributed by atoms with Crippen molar-refractivity contribution in [1.29, 1.82) is 5.26 Å². The summed E-state index contributed by atoms with van der Waals surface area (Å²) in [6.45, 7) is 0.0114. The molecule has 2 aliphatic heterocycles. The van der Waals surface area contributed by atoms with E-state index >= 15 is 0 Å². The number of halogens is 1. The maximum atomic E-state index is 13.7. The number of benzene rings is 3. The second-order valence-electron chi connectivity index (χ2n) is 8.64. The van der Waals surface area contributed by atoms with Gasteiger partial charge in [0, 0.05) is 5.71 Å². The van der Waals surface area contributed by atoms with Gasteiger partial charge in [0.25, 0.3) is 0 Å². The zero-order valence-corrected chi connectivity index (χ0v) is 19.6. The predicted octanol–water partition coefficient (Wildman–Crippen LogP) is 4.62. The molecule has 0 bridgehead atoms. The second kappa shape index (κ2) is 10.5. The molecule has 0 fully saturated rings. The van der Waals surface area contributed by atoms with Gasteiger partial charge in [-0.25, -0.2) is 14.2 Å². The van der Waals surface area contributed by atoms with E-state index in [1.165, 1.54) is 12.1 Å². The van der Waals surface area contributed by atoms with Crippen LogP contribution in [0.15, 0.2) is 71.7 Å². The smallest absolute Gasteiger partial charge is 0.341 e. The molecule has 8 nitrogen and oxygen atoms in total. The molecule has 2 unspecified atom stereocenters. The summed E-state index contributed by atoms with van der Waals surface area (Å²) in [7, 11) is 0. The number of carbonyl (C=O) groups excluding carboxylic acids is 2. The highest BCUT2D eigenvalue weighted by Gasteiger charge is 2.39. The minimum absolute atomic E-state index is 0.133. The highest BCUT2D eigenvalue weighted by Crippen LogP contribution is 2.34. The highest BCUT2D eigenvalue weighted by atomic mass is 19.1. The van der Waals surface area contributed by atoms with Crippen molar-refractivity contribution in [3.63, 3.8) is 0 Å². The van der Waals surface area contributed by atoms with E-state index in [2.05, 4.69) is 10.3 Å². The van der Waals surface area contributed by atoms with Crippen molar-refractivity contribution < 1.29 is 28.2 Å². The maximum absolute atomic E-state index is 13.7. The van der Waals surface area contributed by atoms with Gasteiger partial charge in [0.05, 0.1) is 11.6 Å². The summed E-state index contributed by atoms with van der Waals surface area (Å²) in [5.41, 5.74) is 2.42. The minimum Gasteiger partial charge on any atom is -0.460 e. The molecular formula is C28H22FN3O5. The Hall–Kier alpha value is -4.71. The van der Waals surface area contributed by atoms with Gasteiger partial charge in [0.1, 0.15) is 24.4 Å². The van der Waals surface area contributed by atoms with Gasteiger partial charge in [-0.1, -0.05) is 42.5 Å². The zero-order chi connectivity index (χ0) is 25.8. The molecule has 2 atom stereocenters. The molecule has 5 rings (SSSR count). The fourth-order valence-electron chi connectivity index (χ4n) is 4.42. The molecular weight excluding hydrogens is 477 g/mol. The molecule has 186 valence electrons. The molecule has 0 radical (unpaired) electrons. The number of hydrogen-bond acceptors (Lipinski definition) is 6. The van der Waals surface area contributed by atoms with Crippen LogP contribution in [0.3, 0.4) is 0 Å². The molecule has 1 N–H and O–H groups in total. The molecule has 37 heavy (non-hydrogen) atoms. The Morgan fingerprint density at radius 2 is 1.84 bits per heavy atom. The molecule has 2 aliphatic rings. The number of fused-ring (bicyclic) bond motifs is 1. The third kappa shape index (κ3) is 5.28. The van der Waals surface area contributed by atoms with Crippen molar-refractivity contribution >= 4 is 17.7 Å². The molecule has 0 saturated heterocycles. The van der Waals surface area contributed by atoms with Crippen LogP contribution >= 0.6 is 0 Å². The van der Waals surface area contributed by atoms with Crippen molar-refractivity contribution in [1.82, 2.24) is 5.32 Å². The molecule has 3 aromatic rings. The van der Waals surface area contributed by atoms with Crippen LogP contribution in [-0.2, 0) is 22.6 Å². The van der Waals surface area contributed by atoms with Crippen LogP contribution in [0.2, 0.25) is 0 Å². The number of rotatable bonds is 7. The first-order valence-corrected chi connectivity index (χ1v) is 11.7. The van der Waals surface area contributed by atoms with Gasteiger partial charge >= 0.3 is 12.0 Å². The number of amides is 2. The summed E-state index contributed by atoms with van der Waals surface area (Å²) in [5, 5.41) is 11.9. The van der Waals surface area contributed by atoms with Gasteiger partial charge in [-0.05, 0) is 53.8 Å². The van der Waals surface area contributed by atoms with Crippen molar-refractivity contribution in [2.75, 3.05) is 6.79 Å². The van der Waals surface area contributed by atoms with Gasteiger partial charge in [-0.2, -0.15) is 5.26 Å². The third-order valence-electron chi connectivity index (χ3n) is 6.27. The molecule has 2 heterocycles. The van der Waals surface area contributed by atoms with E-state index in [4.69, 9.17) is 19.5 Å². The number of aryl methyl sites for hydroxylation is 1. The summed E-state index contributed by atoms with van der Waals surface area (Å²) in [5.74, 6) is -0.778. The van der Waals surface area contributed by atoms with Gasteiger partial charge in [-0.15, -0.1) is 0 Å². The average Bonchev–Trinajstić information content (AvgIpc) is 3.39. The fraction of sp³-hybridized carbons (Fsp3) is 0.214. The van der Waals surface area contributed by atoms with Crippen LogP contribution in [-0.4, -0.2) is 24.5 Å². The van der Waals surface area contributed by atoms with E-state index < -0.39 is 29.8 Å². The van der Waals surface area contributed by atoms with Crippen LogP contribution < -0.4 is 14.8 Å². The van der Waals surface area contributed by atoms with Crippen LogP contribution in [0.4, 0.5) is 9.18 Å². The average molecular weight is 499 g/mol. The van der Waals surface area contributed by atoms with Gasteiger partial charge in [-0.3, -0.25) is 4.79 Å². The number of hydrogen-bond donors (Lipinski definition) is 1. The third-order valence-corrected chi connectivity index (χ3v) is 6.27. The Labute approximate surface area is 212 Å². The van der Waals surface area contributed by atoms with Crippen LogP contribution in [0.1, 0.15) is 34.7 Å². The molecule has 0 saturated carbocycles. The number of carbonyl (C=O) groups is 2. The Balaban J connectivity index is 1.38. The fourth-order valence-corrected chi connectivity index (χ4v) is 4.42. The maximum Gasteiger partial charge on any atom is 0.341 e. The van der Waals surface area contributed by atoms with E-state index in [9.17, 15) is 14.0 Å². The van der Waals surface area contributed by atoms with Crippen molar-refractivity contribution in [2.24, 2.45) is 10.9 Å². The minimum atomic E-state index is -0.870. The normalized spacial score (nSPS) is 17.9. The summed E-state index contributed by atoms with van der Waals surface area (Å²) in [6, 6.07) is 19.3. The second-order valence-corrected chi connectivity index (χ2v) is 8.64. The number of nitrogens with zero attached hydrogens (tertiary/aromatic N) is 2. The topological polar surface area (TPSA) is 110 Å². The summed E-state index contributed by atoms with van der Waals surface area (Å²) in [6.07, 6.45) is 0.850. The molecule has 3 aromatic carbocycles. The van der Waals surface area contributed by atoms with E-state index in [0.29, 0.717) is 35.6 Å². The van der Waals surface area contributed by atoms with Crippen LogP contribution in [0.5, 0.6) is 11.5 Å². The number of nitrogens with one attached hydrogen (secondary N) is 1. The van der Waals surface area contributed by atoms with Gasteiger partial charge in [0.15, 0.2) is 11.5 Å².